The van der Waals surface area contributed by atoms with Crippen LogP contribution in [0.25, 0.3) is 5.76 Å². The number of ether oxygens (including phenoxy) is 1. The van der Waals surface area contributed by atoms with Gasteiger partial charge in [-0.25, -0.2) is 4.39 Å². The van der Waals surface area contributed by atoms with E-state index in [9.17, 15) is 19.1 Å². The summed E-state index contributed by atoms with van der Waals surface area (Å²) in [5.41, 5.74) is 0.315. The van der Waals surface area contributed by atoms with Gasteiger partial charge in [0.25, 0.3) is 11.7 Å². The summed E-state index contributed by atoms with van der Waals surface area (Å²) in [5, 5.41) is 11.0. The van der Waals surface area contributed by atoms with Crippen molar-refractivity contribution in [1.82, 2.24) is 14.8 Å². The summed E-state index contributed by atoms with van der Waals surface area (Å²) in [6.45, 7) is 1.02. The zero-order valence-electron chi connectivity index (χ0n) is 17.1. The van der Waals surface area contributed by atoms with Crippen molar-refractivity contribution in [2.75, 3.05) is 34.3 Å². The minimum atomic E-state index is -0.874. The summed E-state index contributed by atoms with van der Waals surface area (Å²) >= 11 is 0. The van der Waals surface area contributed by atoms with Crippen LogP contribution in [0.2, 0.25) is 0 Å². The van der Waals surface area contributed by atoms with Gasteiger partial charge in [0.2, 0.25) is 0 Å². The maximum absolute atomic E-state index is 13.9. The summed E-state index contributed by atoms with van der Waals surface area (Å²) in [7, 11) is 5.21. The Morgan fingerprint density at radius 1 is 1.27 bits per heavy atom. The molecule has 0 saturated carbocycles. The molecule has 1 aromatic heterocycles. The number of aromatic nitrogens is 1. The maximum Gasteiger partial charge on any atom is 0.295 e. The molecular weight excluding hydrogens is 389 g/mol. The van der Waals surface area contributed by atoms with E-state index in [-0.39, 0.29) is 16.9 Å². The molecule has 8 heteroatoms. The molecule has 2 heterocycles. The number of methoxy groups -OCH3 is 1. The number of benzene rings is 1. The van der Waals surface area contributed by atoms with Crippen LogP contribution in [-0.2, 0) is 9.59 Å². The number of hydrogen-bond acceptors (Lipinski definition) is 6. The Kier molecular flexibility index (Phi) is 6.47. The average molecular weight is 413 g/mol. The molecule has 7 nitrogen and oxygen atoms in total. The Hall–Kier alpha value is -3.26. The molecule has 0 radical (unpaired) electrons. The lowest BCUT2D eigenvalue weighted by Crippen LogP contribution is -2.32. The van der Waals surface area contributed by atoms with Crippen LogP contribution in [0.5, 0.6) is 5.75 Å². The average Bonchev–Trinajstić information content (AvgIpc) is 2.98. The SMILES string of the molecule is COc1ccc(F)cc1C(O)=C1C(=O)C(=O)N(CCCN(C)C)C1c1ccccn1. The first-order chi connectivity index (χ1) is 14.3. The predicted molar refractivity (Wildman–Crippen MR) is 109 cm³/mol. The lowest BCUT2D eigenvalue weighted by atomic mass is 9.97. The molecule has 0 aliphatic carbocycles. The van der Waals surface area contributed by atoms with E-state index in [0.717, 1.165) is 12.6 Å². The highest BCUT2D eigenvalue weighted by molar-refractivity contribution is 6.46. The number of Topliss-reactive ketones (excluding diaryl/α,β-unsaturated/α-hetero) is 1. The standard InChI is InChI=1S/C22H24FN3O4/c1-25(2)11-6-12-26-19(16-7-4-5-10-24-16)18(21(28)22(26)29)20(27)15-13-14(23)8-9-17(15)30-3/h4-5,7-10,13,19,27H,6,11-12H2,1-3H3. The first-order valence-corrected chi connectivity index (χ1v) is 9.53. The molecule has 158 valence electrons. The van der Waals surface area contributed by atoms with E-state index >= 15 is 0 Å². The fraction of sp³-hybridized carbons (Fsp3) is 0.318. The van der Waals surface area contributed by atoms with Gasteiger partial charge in [-0.3, -0.25) is 14.6 Å². The Balaban J connectivity index is 2.13. The van der Waals surface area contributed by atoms with E-state index in [4.69, 9.17) is 4.74 Å². The molecule has 1 N–H and O–H groups in total. The molecule has 1 aliphatic rings. The second-order valence-corrected chi connectivity index (χ2v) is 7.25. The number of rotatable bonds is 7. The van der Waals surface area contributed by atoms with E-state index < -0.39 is 29.3 Å². The number of amides is 1. The monoisotopic (exact) mass is 413 g/mol. The van der Waals surface area contributed by atoms with Crippen LogP contribution in [0, 0.1) is 5.82 Å². The van der Waals surface area contributed by atoms with Crippen molar-refractivity contribution < 1.29 is 23.8 Å². The second-order valence-electron chi connectivity index (χ2n) is 7.25. The van der Waals surface area contributed by atoms with Crippen LogP contribution in [0.3, 0.4) is 0 Å². The highest BCUT2D eigenvalue weighted by Gasteiger charge is 2.46. The van der Waals surface area contributed by atoms with E-state index in [1.807, 2.05) is 19.0 Å². The molecule has 1 saturated heterocycles. The van der Waals surface area contributed by atoms with Gasteiger partial charge < -0.3 is 19.6 Å². The summed E-state index contributed by atoms with van der Waals surface area (Å²) in [4.78, 5) is 33.4. The van der Waals surface area contributed by atoms with Gasteiger partial charge in [0.05, 0.1) is 23.9 Å². The summed E-state index contributed by atoms with van der Waals surface area (Å²) in [6.07, 6.45) is 2.19. The van der Waals surface area contributed by atoms with Crippen LogP contribution in [0.1, 0.15) is 23.7 Å². The number of aliphatic hydroxyl groups excluding tert-OH is 1. The van der Waals surface area contributed by atoms with Gasteiger partial charge in [-0.2, -0.15) is 0 Å². The topological polar surface area (TPSA) is 83.0 Å². The molecule has 30 heavy (non-hydrogen) atoms. The van der Waals surface area contributed by atoms with Gasteiger partial charge >= 0.3 is 0 Å². The highest BCUT2D eigenvalue weighted by atomic mass is 19.1. The molecule has 1 unspecified atom stereocenters. The third kappa shape index (κ3) is 4.18. The Morgan fingerprint density at radius 3 is 2.67 bits per heavy atom. The van der Waals surface area contributed by atoms with Crippen molar-refractivity contribution >= 4 is 17.4 Å². The van der Waals surface area contributed by atoms with Gasteiger partial charge in [0, 0.05) is 12.7 Å². The molecule has 1 amide bonds. The van der Waals surface area contributed by atoms with Gasteiger partial charge in [0.1, 0.15) is 23.4 Å². The fourth-order valence-corrected chi connectivity index (χ4v) is 3.52. The van der Waals surface area contributed by atoms with E-state index in [0.29, 0.717) is 18.7 Å². The molecule has 0 spiro atoms. The molecule has 3 rings (SSSR count). The minimum Gasteiger partial charge on any atom is -0.507 e. The number of likely N-dealkylation sites (tertiary alicyclic amines) is 1. The first-order valence-electron chi connectivity index (χ1n) is 9.53. The van der Waals surface area contributed by atoms with E-state index in [2.05, 4.69) is 4.98 Å². The zero-order chi connectivity index (χ0) is 21.8. The zero-order valence-corrected chi connectivity index (χ0v) is 17.1. The number of pyridine rings is 1. The second kappa shape index (κ2) is 9.04. The van der Waals surface area contributed by atoms with Crippen molar-refractivity contribution in [1.29, 1.82) is 0 Å². The summed E-state index contributed by atoms with van der Waals surface area (Å²) in [6, 6.07) is 7.89. The quantitative estimate of drug-likeness (QED) is 0.427. The molecule has 1 aliphatic heterocycles. The number of halogens is 1. The smallest absolute Gasteiger partial charge is 0.295 e. The van der Waals surface area contributed by atoms with Crippen molar-refractivity contribution in [2.24, 2.45) is 0 Å². The van der Waals surface area contributed by atoms with Gasteiger partial charge in [-0.05, 0) is 57.4 Å². The van der Waals surface area contributed by atoms with Gasteiger partial charge in [0.15, 0.2) is 0 Å². The van der Waals surface area contributed by atoms with Crippen LogP contribution < -0.4 is 4.74 Å². The van der Waals surface area contributed by atoms with Gasteiger partial charge in [-0.1, -0.05) is 6.07 Å². The molecule has 1 aromatic carbocycles. The van der Waals surface area contributed by atoms with Crippen molar-refractivity contribution in [3.05, 3.63) is 65.2 Å². The van der Waals surface area contributed by atoms with Crippen LogP contribution in [0.15, 0.2) is 48.2 Å². The lowest BCUT2D eigenvalue weighted by Gasteiger charge is -2.25. The van der Waals surface area contributed by atoms with Crippen molar-refractivity contribution in [3.8, 4) is 5.75 Å². The van der Waals surface area contributed by atoms with E-state index in [1.54, 1.807) is 24.4 Å². The van der Waals surface area contributed by atoms with Gasteiger partial charge in [-0.15, -0.1) is 0 Å². The number of hydrogen-bond donors (Lipinski definition) is 1. The van der Waals surface area contributed by atoms with Crippen molar-refractivity contribution in [2.45, 2.75) is 12.5 Å². The van der Waals surface area contributed by atoms with Crippen LogP contribution in [-0.4, -0.2) is 65.9 Å². The fourth-order valence-electron chi connectivity index (χ4n) is 3.52. The van der Waals surface area contributed by atoms with E-state index in [1.165, 1.54) is 24.1 Å². The first kappa shape index (κ1) is 21.4. The van der Waals surface area contributed by atoms with Crippen LogP contribution >= 0.6 is 0 Å². The van der Waals surface area contributed by atoms with Crippen LogP contribution in [0.4, 0.5) is 4.39 Å². The normalized spacial score (nSPS) is 18.3. The maximum atomic E-state index is 13.9. The third-order valence-electron chi connectivity index (χ3n) is 4.93. The third-order valence-corrected chi connectivity index (χ3v) is 4.93. The molecular formula is C22H24FN3O4. The molecule has 0 bridgehead atoms. The Bertz CT molecular complexity index is 976. The number of carbonyl (C=O) groups is 2. The Morgan fingerprint density at radius 2 is 2.03 bits per heavy atom. The summed E-state index contributed by atoms with van der Waals surface area (Å²) < 4.78 is 19.1. The van der Waals surface area contributed by atoms with Crippen molar-refractivity contribution in [3.63, 3.8) is 0 Å². The predicted octanol–water partition coefficient (Wildman–Crippen LogP) is 2.60. The number of aliphatic hydroxyl groups is 1. The number of carbonyl (C=O) groups excluding carboxylic acids is 2. The minimum absolute atomic E-state index is 0.00437. The largest absolute Gasteiger partial charge is 0.507 e. The highest BCUT2D eigenvalue weighted by Crippen LogP contribution is 2.40. The molecule has 1 fully saturated rings. The number of ketones is 1. The summed E-state index contributed by atoms with van der Waals surface area (Å²) in [5.74, 6) is -2.46. The molecule has 1 atom stereocenters. The Labute approximate surface area is 174 Å². The number of nitrogens with zero attached hydrogens (tertiary/aromatic N) is 3. The molecule has 2 aromatic rings. The lowest BCUT2D eigenvalue weighted by molar-refractivity contribution is -0.140.